The summed E-state index contributed by atoms with van der Waals surface area (Å²) in [4.78, 5) is 16.4. The molecule has 2 aromatic heterocycles. The van der Waals surface area contributed by atoms with Crippen molar-refractivity contribution in [3.8, 4) is 0 Å². The van der Waals surface area contributed by atoms with Gasteiger partial charge in [-0.2, -0.15) is 5.10 Å². The van der Waals surface area contributed by atoms with E-state index in [9.17, 15) is 9.90 Å². The Labute approximate surface area is 180 Å². The van der Waals surface area contributed by atoms with Crippen molar-refractivity contribution < 1.29 is 28.8 Å². The predicted octanol–water partition coefficient (Wildman–Crippen LogP) is 2.81. The Kier molecular flexibility index (Phi) is 5.24. The summed E-state index contributed by atoms with van der Waals surface area (Å²) in [5, 5.41) is 17.2. The van der Waals surface area contributed by atoms with Crippen molar-refractivity contribution >= 4 is 17.4 Å². The van der Waals surface area contributed by atoms with Crippen molar-refractivity contribution in [1.82, 2.24) is 14.6 Å². The first-order valence-corrected chi connectivity index (χ1v) is 10.5. The molecule has 0 aromatic carbocycles. The van der Waals surface area contributed by atoms with Gasteiger partial charge in [0.25, 0.3) is 0 Å². The Bertz CT molecular complexity index is 978. The van der Waals surface area contributed by atoms with Gasteiger partial charge >= 0.3 is 6.09 Å². The maximum atomic E-state index is 12.2. The van der Waals surface area contributed by atoms with Gasteiger partial charge in [0.15, 0.2) is 11.6 Å². The lowest BCUT2D eigenvalue weighted by molar-refractivity contribution is -0.218. The lowest BCUT2D eigenvalue weighted by Crippen LogP contribution is -2.45. The molecule has 2 aliphatic heterocycles. The molecule has 2 N–H and O–H groups in total. The third-order valence-corrected chi connectivity index (χ3v) is 5.57. The summed E-state index contributed by atoms with van der Waals surface area (Å²) >= 11 is 0. The Morgan fingerprint density at radius 2 is 2.03 bits per heavy atom. The maximum Gasteiger partial charge on any atom is 0.413 e. The minimum absolute atomic E-state index is 0.190. The van der Waals surface area contributed by atoms with Crippen LogP contribution in [0.4, 0.5) is 10.6 Å². The van der Waals surface area contributed by atoms with E-state index >= 15 is 0 Å². The highest BCUT2D eigenvalue weighted by Gasteiger charge is 2.62. The molecule has 170 valence electrons. The Hall–Kier alpha value is -2.27. The smallest absolute Gasteiger partial charge is 0.413 e. The van der Waals surface area contributed by atoms with Gasteiger partial charge in [-0.3, -0.25) is 5.32 Å². The molecular weight excluding hydrogens is 404 g/mol. The van der Waals surface area contributed by atoms with Crippen LogP contribution in [-0.2, 0) is 18.9 Å². The molecule has 0 bridgehead atoms. The van der Waals surface area contributed by atoms with E-state index in [0.29, 0.717) is 23.4 Å². The lowest BCUT2D eigenvalue weighted by atomic mass is 9.92. The minimum atomic E-state index is -0.877. The molecule has 10 heteroatoms. The molecule has 2 aliphatic rings. The number of nitrogens with one attached hydrogen (secondary N) is 1. The molecule has 10 nitrogen and oxygen atoms in total. The van der Waals surface area contributed by atoms with Gasteiger partial charge in [-0.05, 0) is 53.2 Å². The molecule has 4 atom stereocenters. The summed E-state index contributed by atoms with van der Waals surface area (Å²) in [7, 11) is 0. The lowest BCUT2D eigenvalue weighted by Gasteiger charge is -2.32. The molecule has 2 fully saturated rings. The molecule has 4 rings (SSSR count). The minimum Gasteiger partial charge on any atom is -0.444 e. The molecule has 2 saturated heterocycles. The van der Waals surface area contributed by atoms with Crippen LogP contribution in [0.25, 0.3) is 5.52 Å². The van der Waals surface area contributed by atoms with E-state index in [1.165, 1.54) is 6.33 Å². The van der Waals surface area contributed by atoms with E-state index in [2.05, 4.69) is 15.4 Å². The van der Waals surface area contributed by atoms with E-state index in [-0.39, 0.29) is 6.61 Å². The fourth-order valence-corrected chi connectivity index (χ4v) is 4.22. The summed E-state index contributed by atoms with van der Waals surface area (Å²) in [5.74, 6) is -0.476. The Morgan fingerprint density at radius 1 is 1.29 bits per heavy atom. The average molecular weight is 434 g/mol. The van der Waals surface area contributed by atoms with Crippen molar-refractivity contribution in [3.05, 3.63) is 24.2 Å². The number of amides is 1. The highest BCUT2D eigenvalue weighted by molar-refractivity contribution is 5.88. The number of anilines is 1. The quantitative estimate of drug-likeness (QED) is 0.755. The second kappa shape index (κ2) is 7.40. The van der Waals surface area contributed by atoms with Crippen molar-refractivity contribution in [2.24, 2.45) is 0 Å². The monoisotopic (exact) mass is 434 g/mol. The van der Waals surface area contributed by atoms with Gasteiger partial charge < -0.3 is 24.1 Å². The molecular formula is C21H30N4O6. The summed E-state index contributed by atoms with van der Waals surface area (Å²) in [6.07, 6.45) is -0.0559. The highest BCUT2D eigenvalue weighted by atomic mass is 16.8. The molecule has 1 amide bonds. The van der Waals surface area contributed by atoms with Crippen LogP contribution in [0.5, 0.6) is 0 Å². The summed E-state index contributed by atoms with van der Waals surface area (Å²) in [6, 6.07) is 3.65. The number of aromatic nitrogens is 3. The third-order valence-electron chi connectivity index (χ3n) is 5.57. The van der Waals surface area contributed by atoms with Crippen molar-refractivity contribution in [2.45, 2.75) is 83.3 Å². The molecule has 0 spiro atoms. The standard InChI is InChI=1S/C21H30N4O6/c1-7-21(10-26)16-15(28-20(5,6)30-16)14(29-21)12-8-9-13-17(22-11-23-25(12)13)24-18(27)31-19(2,3)4/h8-9,11,14-16,26H,7,10H2,1-6H3,(H,22,23,24,27)/t14-,15-,16-,21+/m0/s1. The number of rotatable bonds is 4. The van der Waals surface area contributed by atoms with Crippen LogP contribution in [0.3, 0.4) is 0 Å². The predicted molar refractivity (Wildman–Crippen MR) is 111 cm³/mol. The van der Waals surface area contributed by atoms with Crippen LogP contribution in [0.1, 0.15) is 59.8 Å². The first-order valence-electron chi connectivity index (χ1n) is 10.5. The normalized spacial score (nSPS) is 29.8. The van der Waals surface area contributed by atoms with Crippen molar-refractivity contribution in [1.29, 1.82) is 0 Å². The van der Waals surface area contributed by atoms with Crippen LogP contribution < -0.4 is 5.32 Å². The summed E-state index contributed by atoms with van der Waals surface area (Å²) in [6.45, 7) is 10.8. The van der Waals surface area contributed by atoms with Gasteiger partial charge in [0.2, 0.25) is 0 Å². The number of aliphatic hydroxyl groups is 1. The van der Waals surface area contributed by atoms with Crippen LogP contribution in [-0.4, -0.2) is 61.6 Å². The molecule has 0 unspecified atom stereocenters. The number of nitrogens with zero attached hydrogens (tertiary/aromatic N) is 3. The van der Waals surface area contributed by atoms with Gasteiger partial charge in [-0.25, -0.2) is 14.3 Å². The largest absolute Gasteiger partial charge is 0.444 e. The number of hydrogen-bond donors (Lipinski definition) is 2. The molecule has 4 heterocycles. The van der Waals surface area contributed by atoms with Gasteiger partial charge in [0.1, 0.15) is 41.4 Å². The Balaban J connectivity index is 1.68. The highest BCUT2D eigenvalue weighted by Crippen LogP contribution is 2.51. The van der Waals surface area contributed by atoms with Crippen molar-refractivity contribution in [2.75, 3.05) is 11.9 Å². The van der Waals surface area contributed by atoms with Gasteiger partial charge in [0, 0.05) is 0 Å². The molecule has 0 aliphatic carbocycles. The van der Waals surface area contributed by atoms with Gasteiger partial charge in [-0.1, -0.05) is 6.92 Å². The topological polar surface area (TPSA) is 116 Å². The third kappa shape index (κ3) is 3.89. The zero-order chi connectivity index (χ0) is 22.6. The van der Waals surface area contributed by atoms with Crippen LogP contribution in [0, 0.1) is 0 Å². The zero-order valence-corrected chi connectivity index (χ0v) is 18.7. The van der Waals surface area contributed by atoms with E-state index in [1.807, 2.05) is 26.8 Å². The van der Waals surface area contributed by atoms with E-state index in [0.717, 1.165) is 0 Å². The second-order valence-corrected chi connectivity index (χ2v) is 9.43. The number of carbonyl (C=O) groups excluding carboxylic acids is 1. The average Bonchev–Trinajstić information content (AvgIpc) is 3.30. The van der Waals surface area contributed by atoms with Gasteiger partial charge in [0.05, 0.1) is 12.3 Å². The summed E-state index contributed by atoms with van der Waals surface area (Å²) < 4.78 is 25.6. The first-order chi connectivity index (χ1) is 14.5. The summed E-state index contributed by atoms with van der Waals surface area (Å²) in [5.41, 5.74) is -0.213. The first kappa shape index (κ1) is 21.9. The number of hydrogen-bond acceptors (Lipinski definition) is 8. The molecule has 2 aromatic rings. The molecule has 31 heavy (non-hydrogen) atoms. The number of ether oxygens (including phenoxy) is 4. The van der Waals surface area contributed by atoms with Crippen molar-refractivity contribution in [3.63, 3.8) is 0 Å². The molecule has 0 radical (unpaired) electrons. The maximum absolute atomic E-state index is 12.2. The van der Waals surface area contributed by atoms with Crippen LogP contribution >= 0.6 is 0 Å². The fourth-order valence-electron chi connectivity index (χ4n) is 4.22. The van der Waals surface area contributed by atoms with Crippen LogP contribution in [0.2, 0.25) is 0 Å². The Morgan fingerprint density at radius 3 is 2.68 bits per heavy atom. The van der Waals surface area contributed by atoms with Gasteiger partial charge in [-0.15, -0.1) is 0 Å². The molecule has 0 saturated carbocycles. The van der Waals surface area contributed by atoms with Crippen LogP contribution in [0.15, 0.2) is 18.5 Å². The fraction of sp³-hybridized carbons (Fsp3) is 0.667. The number of fused-ring (bicyclic) bond motifs is 2. The SMILES string of the molecule is CC[C@]1(CO)O[C@@H](c2ccc3c(NC(=O)OC(C)(C)C)ncnn23)[C@@H]2OC(C)(C)O[C@@H]21. The van der Waals surface area contributed by atoms with E-state index in [1.54, 1.807) is 31.4 Å². The van der Waals surface area contributed by atoms with E-state index in [4.69, 9.17) is 18.9 Å². The number of aliphatic hydroxyl groups excluding tert-OH is 1. The zero-order valence-electron chi connectivity index (χ0n) is 18.7. The number of carbonyl (C=O) groups is 1. The second-order valence-electron chi connectivity index (χ2n) is 9.43. The van der Waals surface area contributed by atoms with E-state index < -0.39 is 41.4 Å².